The van der Waals surface area contributed by atoms with Gasteiger partial charge in [0.15, 0.2) is 0 Å². The van der Waals surface area contributed by atoms with E-state index in [0.717, 1.165) is 12.2 Å². The zero-order valence-electron chi connectivity index (χ0n) is 11.0. The van der Waals surface area contributed by atoms with Crippen LogP contribution in [0.2, 0.25) is 0 Å². The monoisotopic (exact) mass is 258 g/mol. The second-order valence-electron chi connectivity index (χ2n) is 4.35. The molecule has 0 saturated carbocycles. The maximum Gasteiger partial charge on any atom is 0.237 e. The molecule has 0 radical (unpaired) electrons. The van der Waals surface area contributed by atoms with Crippen LogP contribution in [0.25, 0.3) is 0 Å². The fraction of sp³-hybridized carbons (Fsp3) is 0.333. The van der Waals surface area contributed by atoms with Gasteiger partial charge >= 0.3 is 0 Å². The van der Waals surface area contributed by atoms with Crippen LogP contribution >= 0.6 is 0 Å². The van der Waals surface area contributed by atoms with E-state index in [0.29, 0.717) is 11.6 Å². The molecule has 2 rings (SSSR count). The Labute approximate surface area is 113 Å². The molecule has 0 aliphatic heterocycles. The maximum atomic E-state index is 8.88. The molecule has 100 valence electrons. The number of aliphatic hydroxyl groups is 1. The molecule has 1 aromatic carbocycles. The summed E-state index contributed by atoms with van der Waals surface area (Å²) in [5.74, 6) is 1.17. The molecular formula is C15H18N2O2. The summed E-state index contributed by atoms with van der Waals surface area (Å²) in [6.45, 7) is 2.07. The second-order valence-corrected chi connectivity index (χ2v) is 4.35. The van der Waals surface area contributed by atoms with E-state index in [1.54, 1.807) is 0 Å². The van der Waals surface area contributed by atoms with Gasteiger partial charge in [-0.15, -0.1) is 0 Å². The number of aliphatic hydroxyl groups excluding tert-OH is 1. The molecule has 0 fully saturated rings. The van der Waals surface area contributed by atoms with Crippen molar-refractivity contribution in [3.63, 3.8) is 0 Å². The van der Waals surface area contributed by atoms with Crippen molar-refractivity contribution in [2.75, 3.05) is 0 Å². The maximum absolute atomic E-state index is 8.88. The van der Waals surface area contributed by atoms with Crippen LogP contribution in [0, 0.1) is 0 Å². The highest BCUT2D eigenvalue weighted by molar-refractivity contribution is 5.30. The van der Waals surface area contributed by atoms with Gasteiger partial charge in [0.05, 0.1) is 24.7 Å². The Balaban J connectivity index is 1.98. The quantitative estimate of drug-likeness (QED) is 0.865. The van der Waals surface area contributed by atoms with Crippen molar-refractivity contribution in [1.29, 1.82) is 0 Å². The number of benzene rings is 1. The van der Waals surface area contributed by atoms with Gasteiger partial charge in [-0.25, -0.2) is 4.98 Å². The van der Waals surface area contributed by atoms with Crippen molar-refractivity contribution >= 4 is 0 Å². The second kappa shape index (κ2) is 6.85. The molecule has 0 amide bonds. The SMILES string of the molecule is CCCCc1ccc(Oc2cnc(CO)cn2)cc1. The molecule has 0 bridgehead atoms. The molecule has 4 heteroatoms. The summed E-state index contributed by atoms with van der Waals surface area (Å²) in [5.41, 5.74) is 1.85. The lowest BCUT2D eigenvalue weighted by molar-refractivity contribution is 0.276. The topological polar surface area (TPSA) is 55.2 Å². The Hall–Kier alpha value is -1.94. The number of hydrogen-bond acceptors (Lipinski definition) is 4. The largest absolute Gasteiger partial charge is 0.438 e. The van der Waals surface area contributed by atoms with E-state index in [1.165, 1.54) is 30.8 Å². The predicted octanol–water partition coefficient (Wildman–Crippen LogP) is 3.10. The van der Waals surface area contributed by atoms with Crippen molar-refractivity contribution in [2.24, 2.45) is 0 Å². The van der Waals surface area contributed by atoms with Crippen LogP contribution in [0.15, 0.2) is 36.7 Å². The van der Waals surface area contributed by atoms with Gasteiger partial charge in [-0.05, 0) is 30.5 Å². The predicted molar refractivity (Wildman–Crippen MR) is 73.1 cm³/mol. The molecule has 2 aromatic rings. The number of unbranched alkanes of at least 4 members (excludes halogenated alkanes) is 1. The van der Waals surface area contributed by atoms with Crippen molar-refractivity contribution in [3.8, 4) is 11.6 Å². The van der Waals surface area contributed by atoms with Crippen molar-refractivity contribution in [1.82, 2.24) is 9.97 Å². The Bertz CT molecular complexity index is 495. The lowest BCUT2D eigenvalue weighted by Crippen LogP contribution is -1.94. The lowest BCUT2D eigenvalue weighted by Gasteiger charge is -2.06. The first-order chi connectivity index (χ1) is 9.31. The van der Waals surface area contributed by atoms with Crippen molar-refractivity contribution in [2.45, 2.75) is 32.8 Å². The molecule has 0 aliphatic rings. The fourth-order valence-electron chi connectivity index (χ4n) is 1.70. The zero-order valence-corrected chi connectivity index (χ0v) is 11.0. The van der Waals surface area contributed by atoms with Gasteiger partial charge in [0.25, 0.3) is 0 Å². The molecule has 0 saturated heterocycles. The molecular weight excluding hydrogens is 240 g/mol. The first kappa shape index (κ1) is 13.5. The van der Waals surface area contributed by atoms with Crippen LogP contribution < -0.4 is 4.74 Å². The zero-order chi connectivity index (χ0) is 13.5. The van der Waals surface area contributed by atoms with Gasteiger partial charge in [0.1, 0.15) is 5.75 Å². The summed E-state index contributed by atoms with van der Waals surface area (Å²) in [7, 11) is 0. The van der Waals surface area contributed by atoms with Gasteiger partial charge < -0.3 is 9.84 Å². The third-order valence-corrected chi connectivity index (χ3v) is 2.81. The van der Waals surface area contributed by atoms with Crippen LogP contribution in [-0.4, -0.2) is 15.1 Å². The highest BCUT2D eigenvalue weighted by Gasteiger charge is 2.00. The van der Waals surface area contributed by atoms with E-state index in [2.05, 4.69) is 29.0 Å². The van der Waals surface area contributed by atoms with E-state index in [4.69, 9.17) is 9.84 Å². The summed E-state index contributed by atoms with van der Waals surface area (Å²) >= 11 is 0. The van der Waals surface area contributed by atoms with Crippen LogP contribution in [0.4, 0.5) is 0 Å². The van der Waals surface area contributed by atoms with Crippen LogP contribution in [0.5, 0.6) is 11.6 Å². The summed E-state index contributed by atoms with van der Waals surface area (Å²) < 4.78 is 5.58. The fourth-order valence-corrected chi connectivity index (χ4v) is 1.70. The number of ether oxygens (including phenoxy) is 1. The average Bonchev–Trinajstić information content (AvgIpc) is 2.47. The van der Waals surface area contributed by atoms with Crippen LogP contribution in [0.1, 0.15) is 31.0 Å². The molecule has 0 aliphatic carbocycles. The van der Waals surface area contributed by atoms with Crippen molar-refractivity contribution in [3.05, 3.63) is 47.9 Å². The van der Waals surface area contributed by atoms with Gasteiger partial charge in [0, 0.05) is 0 Å². The van der Waals surface area contributed by atoms with Gasteiger partial charge in [-0.2, -0.15) is 0 Å². The summed E-state index contributed by atoms with van der Waals surface area (Å²) in [5, 5.41) is 8.88. The number of hydrogen-bond donors (Lipinski definition) is 1. The summed E-state index contributed by atoms with van der Waals surface area (Å²) in [4.78, 5) is 8.09. The first-order valence-corrected chi connectivity index (χ1v) is 6.50. The number of nitrogens with zero attached hydrogens (tertiary/aromatic N) is 2. The van der Waals surface area contributed by atoms with E-state index in [9.17, 15) is 0 Å². The molecule has 0 atom stereocenters. The van der Waals surface area contributed by atoms with Crippen LogP contribution in [-0.2, 0) is 13.0 Å². The molecule has 19 heavy (non-hydrogen) atoms. The normalized spacial score (nSPS) is 10.4. The number of aryl methyl sites for hydroxylation is 1. The molecule has 4 nitrogen and oxygen atoms in total. The summed E-state index contributed by atoms with van der Waals surface area (Å²) in [6, 6.07) is 8.01. The van der Waals surface area contributed by atoms with Gasteiger partial charge in [0.2, 0.25) is 5.88 Å². The van der Waals surface area contributed by atoms with E-state index < -0.39 is 0 Å². The third-order valence-electron chi connectivity index (χ3n) is 2.81. The van der Waals surface area contributed by atoms with E-state index in [1.807, 2.05) is 12.1 Å². The smallest absolute Gasteiger partial charge is 0.237 e. The minimum absolute atomic E-state index is 0.112. The van der Waals surface area contributed by atoms with Gasteiger partial charge in [-0.3, -0.25) is 4.98 Å². The van der Waals surface area contributed by atoms with E-state index >= 15 is 0 Å². The summed E-state index contributed by atoms with van der Waals surface area (Å²) in [6.07, 6.45) is 6.52. The Kier molecular flexibility index (Phi) is 4.86. The Morgan fingerprint density at radius 3 is 2.47 bits per heavy atom. The highest BCUT2D eigenvalue weighted by Crippen LogP contribution is 2.19. The minimum atomic E-state index is -0.112. The number of aromatic nitrogens is 2. The molecule has 1 N–H and O–H groups in total. The van der Waals surface area contributed by atoms with Crippen molar-refractivity contribution < 1.29 is 9.84 Å². The van der Waals surface area contributed by atoms with Gasteiger partial charge in [-0.1, -0.05) is 25.5 Å². The lowest BCUT2D eigenvalue weighted by atomic mass is 10.1. The average molecular weight is 258 g/mol. The standard InChI is InChI=1S/C15H18N2O2/c1-2-3-4-12-5-7-14(8-6-12)19-15-10-16-13(11-18)9-17-15/h5-10,18H,2-4,11H2,1H3. The van der Waals surface area contributed by atoms with Crippen LogP contribution in [0.3, 0.4) is 0 Å². The molecule has 1 aromatic heterocycles. The first-order valence-electron chi connectivity index (χ1n) is 6.50. The Morgan fingerprint density at radius 2 is 1.89 bits per heavy atom. The number of rotatable bonds is 6. The Morgan fingerprint density at radius 1 is 1.11 bits per heavy atom. The molecule has 0 unspecified atom stereocenters. The van der Waals surface area contributed by atoms with E-state index in [-0.39, 0.29) is 6.61 Å². The minimum Gasteiger partial charge on any atom is -0.438 e. The third kappa shape index (κ3) is 4.03. The molecule has 1 heterocycles. The molecule has 0 spiro atoms. The highest BCUT2D eigenvalue weighted by atomic mass is 16.5.